The maximum atomic E-state index is 15.3. The van der Waals surface area contributed by atoms with Crippen molar-refractivity contribution in [2.24, 2.45) is 5.92 Å². The van der Waals surface area contributed by atoms with Gasteiger partial charge in [0, 0.05) is 67.2 Å². The van der Waals surface area contributed by atoms with Gasteiger partial charge in [-0.3, -0.25) is 0 Å². The van der Waals surface area contributed by atoms with E-state index in [0.29, 0.717) is 28.2 Å². The summed E-state index contributed by atoms with van der Waals surface area (Å²) >= 11 is 0. The third kappa shape index (κ3) is 3.73. The summed E-state index contributed by atoms with van der Waals surface area (Å²) in [4.78, 5) is 18.2. The van der Waals surface area contributed by atoms with E-state index in [2.05, 4.69) is 31.4 Å². The Bertz CT molecular complexity index is 1480. The van der Waals surface area contributed by atoms with E-state index >= 15 is 4.39 Å². The van der Waals surface area contributed by atoms with E-state index in [4.69, 9.17) is 9.72 Å². The van der Waals surface area contributed by atoms with Gasteiger partial charge in [0.05, 0.1) is 17.1 Å². The summed E-state index contributed by atoms with van der Waals surface area (Å²) in [5, 5.41) is 0. The van der Waals surface area contributed by atoms with Crippen molar-refractivity contribution in [2.45, 2.75) is 25.0 Å². The van der Waals surface area contributed by atoms with Crippen molar-refractivity contribution in [1.82, 2.24) is 24.4 Å². The van der Waals surface area contributed by atoms with E-state index in [9.17, 15) is 8.78 Å². The Morgan fingerprint density at radius 1 is 1.03 bits per heavy atom. The molecule has 1 saturated heterocycles. The zero-order valence-electron chi connectivity index (χ0n) is 20.2. The van der Waals surface area contributed by atoms with Crippen LogP contribution in [0.15, 0.2) is 48.8 Å². The minimum atomic E-state index is -2.91. The highest BCUT2D eigenvalue weighted by Gasteiger charge is 2.55. The van der Waals surface area contributed by atoms with Crippen molar-refractivity contribution >= 4 is 17.0 Å². The standard InChI is InChI=1S/C27H25F3N6O/c1-34-6-8-35(9-7-34)27-31-13-15(14-32-27)17-11-22-21(12-20(17)28)33-25-19-10-18(19)24(36(22)25)16-4-2-3-5-23(16)37-26(29)30/h2-5,11-14,18-19,24,26H,6-10H2,1H3/t18-,19+,24-/m0/s1. The van der Waals surface area contributed by atoms with Gasteiger partial charge in [-0.25, -0.2) is 19.3 Å². The summed E-state index contributed by atoms with van der Waals surface area (Å²) < 4.78 is 48.5. The van der Waals surface area contributed by atoms with Gasteiger partial charge in [-0.05, 0) is 31.5 Å². The lowest BCUT2D eigenvalue weighted by atomic mass is 10.0. The quantitative estimate of drug-likeness (QED) is 0.392. The first-order valence-electron chi connectivity index (χ1n) is 12.5. The van der Waals surface area contributed by atoms with Gasteiger partial charge in [-0.15, -0.1) is 0 Å². The van der Waals surface area contributed by atoms with Crippen molar-refractivity contribution in [2.75, 3.05) is 38.1 Å². The summed E-state index contributed by atoms with van der Waals surface area (Å²) in [6, 6.07) is 9.94. The molecule has 0 bridgehead atoms. The second kappa shape index (κ2) is 8.44. The minimum absolute atomic E-state index is 0.165. The van der Waals surface area contributed by atoms with E-state index in [0.717, 1.165) is 43.9 Å². The number of fused-ring (bicyclic) bond motifs is 5. The molecule has 1 aliphatic carbocycles. The topological polar surface area (TPSA) is 59.3 Å². The Labute approximate surface area is 211 Å². The molecule has 0 spiro atoms. The number of ether oxygens (including phenoxy) is 1. The van der Waals surface area contributed by atoms with Crippen LogP contribution in [-0.2, 0) is 0 Å². The summed E-state index contributed by atoms with van der Waals surface area (Å²) in [5.74, 6) is 1.77. The highest BCUT2D eigenvalue weighted by molar-refractivity contribution is 5.84. The molecule has 0 N–H and O–H groups in total. The summed E-state index contributed by atoms with van der Waals surface area (Å²) in [7, 11) is 2.09. The highest BCUT2D eigenvalue weighted by Crippen LogP contribution is 2.63. The third-order valence-corrected chi connectivity index (χ3v) is 7.85. The van der Waals surface area contributed by atoms with Crippen LogP contribution >= 0.6 is 0 Å². The van der Waals surface area contributed by atoms with Gasteiger partial charge in [-0.1, -0.05) is 18.2 Å². The van der Waals surface area contributed by atoms with Gasteiger partial charge in [0.25, 0.3) is 0 Å². The highest BCUT2D eigenvalue weighted by atomic mass is 19.3. The van der Waals surface area contributed by atoms with E-state index in [1.54, 1.807) is 30.6 Å². The molecule has 4 heterocycles. The minimum Gasteiger partial charge on any atom is -0.434 e. The van der Waals surface area contributed by atoms with Crippen LogP contribution in [0.1, 0.15) is 29.8 Å². The molecule has 2 aliphatic heterocycles. The molecular formula is C27H25F3N6O. The van der Waals surface area contributed by atoms with Crippen molar-refractivity contribution < 1.29 is 17.9 Å². The van der Waals surface area contributed by atoms with Crippen LogP contribution in [0.4, 0.5) is 19.1 Å². The largest absolute Gasteiger partial charge is 0.434 e. The molecule has 2 aromatic heterocycles. The first-order chi connectivity index (χ1) is 18.0. The van der Waals surface area contributed by atoms with Gasteiger partial charge in [0.1, 0.15) is 17.4 Å². The Balaban J connectivity index is 1.28. The van der Waals surface area contributed by atoms with E-state index in [-0.39, 0.29) is 23.6 Å². The van der Waals surface area contributed by atoms with Crippen molar-refractivity contribution in [3.63, 3.8) is 0 Å². The average Bonchev–Trinajstić information content (AvgIpc) is 3.50. The normalized spacial score (nSPS) is 22.9. The Morgan fingerprint density at radius 3 is 2.54 bits per heavy atom. The number of aromatic nitrogens is 4. The van der Waals surface area contributed by atoms with Crippen molar-refractivity contribution in [3.8, 4) is 16.9 Å². The van der Waals surface area contributed by atoms with Crippen molar-refractivity contribution in [3.05, 3.63) is 66.0 Å². The van der Waals surface area contributed by atoms with E-state index < -0.39 is 12.4 Å². The molecule has 37 heavy (non-hydrogen) atoms. The summed E-state index contributed by atoms with van der Waals surface area (Å²) in [6.07, 6.45) is 4.24. The first-order valence-corrected chi connectivity index (χ1v) is 12.5. The Kier molecular flexibility index (Phi) is 5.14. The molecule has 10 heteroatoms. The van der Waals surface area contributed by atoms with Crippen LogP contribution in [-0.4, -0.2) is 64.3 Å². The number of rotatable bonds is 5. The molecular weight excluding hydrogens is 481 g/mol. The molecule has 2 aromatic carbocycles. The number of imidazole rings is 1. The van der Waals surface area contributed by atoms with Gasteiger partial charge >= 0.3 is 6.61 Å². The molecule has 7 rings (SSSR count). The monoisotopic (exact) mass is 506 g/mol. The van der Waals surface area contributed by atoms with Crippen LogP contribution in [0.3, 0.4) is 0 Å². The molecule has 4 aromatic rings. The molecule has 7 nitrogen and oxygen atoms in total. The maximum Gasteiger partial charge on any atom is 0.387 e. The lowest BCUT2D eigenvalue weighted by Crippen LogP contribution is -2.45. The number of hydrogen-bond donors (Lipinski definition) is 0. The number of para-hydroxylation sites is 1. The van der Waals surface area contributed by atoms with Gasteiger partial charge in [-0.2, -0.15) is 8.78 Å². The van der Waals surface area contributed by atoms with Gasteiger partial charge < -0.3 is 19.1 Å². The fourth-order valence-corrected chi connectivity index (χ4v) is 5.89. The SMILES string of the molecule is CN1CCN(c2ncc(-c3cc4c(cc3F)nc3n4[C@@H](c4ccccc4OC(F)F)[C@H]4C[C@@H]34)cn2)CC1. The predicted molar refractivity (Wildman–Crippen MR) is 132 cm³/mol. The fraction of sp³-hybridized carbons (Fsp3) is 0.370. The van der Waals surface area contributed by atoms with Gasteiger partial charge in [0.2, 0.25) is 5.95 Å². The summed E-state index contributed by atoms with van der Waals surface area (Å²) in [5.41, 5.74) is 2.97. The van der Waals surface area contributed by atoms with E-state index in [1.165, 1.54) is 6.07 Å². The number of halogens is 3. The average molecular weight is 507 g/mol. The number of hydrogen-bond acceptors (Lipinski definition) is 6. The van der Waals surface area contributed by atoms with Crippen LogP contribution in [0.25, 0.3) is 22.2 Å². The Hall–Kier alpha value is -3.66. The number of nitrogens with zero attached hydrogens (tertiary/aromatic N) is 6. The second-order valence-corrected chi connectivity index (χ2v) is 10.1. The zero-order valence-corrected chi connectivity index (χ0v) is 20.2. The maximum absolute atomic E-state index is 15.3. The van der Waals surface area contributed by atoms with Gasteiger partial charge in [0.15, 0.2) is 0 Å². The van der Waals surface area contributed by atoms with Crippen LogP contribution in [0.2, 0.25) is 0 Å². The molecule has 0 radical (unpaired) electrons. The lowest BCUT2D eigenvalue weighted by molar-refractivity contribution is -0.0507. The van der Waals surface area contributed by atoms with Crippen molar-refractivity contribution in [1.29, 1.82) is 0 Å². The first kappa shape index (κ1) is 22.5. The molecule has 0 unspecified atom stereocenters. The van der Waals surface area contributed by atoms with Crippen LogP contribution in [0, 0.1) is 11.7 Å². The van der Waals surface area contributed by atoms with Crippen LogP contribution < -0.4 is 9.64 Å². The molecule has 190 valence electrons. The number of alkyl halides is 2. The Morgan fingerprint density at radius 2 is 1.78 bits per heavy atom. The smallest absolute Gasteiger partial charge is 0.387 e. The molecule has 3 atom stereocenters. The third-order valence-electron chi connectivity index (χ3n) is 7.85. The summed E-state index contributed by atoms with van der Waals surface area (Å²) in [6.45, 7) is 0.664. The second-order valence-electron chi connectivity index (χ2n) is 10.1. The molecule has 1 saturated carbocycles. The predicted octanol–water partition coefficient (Wildman–Crippen LogP) is 4.69. The number of anilines is 1. The molecule has 0 amide bonds. The van der Waals surface area contributed by atoms with E-state index in [1.807, 2.05) is 12.1 Å². The molecule has 3 aliphatic rings. The lowest BCUT2D eigenvalue weighted by Gasteiger charge is -2.32. The molecule has 2 fully saturated rings. The number of piperazine rings is 1. The van der Waals surface area contributed by atoms with Crippen LogP contribution in [0.5, 0.6) is 5.75 Å². The number of benzene rings is 2. The zero-order chi connectivity index (χ0) is 25.3. The number of likely N-dealkylation sites (N-methyl/N-ethyl adjacent to an activating group) is 1. The fourth-order valence-electron chi connectivity index (χ4n) is 5.89.